The van der Waals surface area contributed by atoms with Crippen molar-refractivity contribution < 1.29 is 4.79 Å². The molecule has 1 rings (SSSR count). The van der Waals surface area contributed by atoms with E-state index in [0.29, 0.717) is 5.57 Å². The van der Waals surface area contributed by atoms with Crippen LogP contribution in [0.15, 0.2) is 22.6 Å². The first-order valence-electron chi connectivity index (χ1n) is 3.14. The summed E-state index contributed by atoms with van der Waals surface area (Å²) in [5.41, 5.74) is 5.87. The number of amidine groups is 1. The van der Waals surface area contributed by atoms with E-state index in [2.05, 4.69) is 0 Å². The molecule has 1 heterocycles. The molecule has 3 N–H and O–H groups in total. The summed E-state index contributed by atoms with van der Waals surface area (Å²) in [6.07, 6.45) is 4.32. The molecule has 0 bridgehead atoms. The molecule has 0 amide bonds. The Balaban J connectivity index is 3.04. The molecule has 0 saturated heterocycles. The average Bonchev–Trinajstić information content (AvgIpc) is 2.04. The SMILES string of the molecule is N=C(N)[C]1=[GeH][CH]=CC=C1C=O. The molecular formula is C7H8GeN2O. The summed E-state index contributed by atoms with van der Waals surface area (Å²) in [7, 11) is 0. The summed E-state index contributed by atoms with van der Waals surface area (Å²) in [4.78, 5) is 12.4. The van der Waals surface area contributed by atoms with Crippen molar-refractivity contribution in [3.8, 4) is 0 Å². The summed E-state index contributed by atoms with van der Waals surface area (Å²) in [5, 5.41) is 7.17. The van der Waals surface area contributed by atoms with E-state index in [4.69, 9.17) is 11.1 Å². The third-order valence-electron chi connectivity index (χ3n) is 1.38. The monoisotopic (exact) mass is 210 g/mol. The van der Waals surface area contributed by atoms with Crippen molar-refractivity contribution >= 4 is 31.5 Å². The van der Waals surface area contributed by atoms with Crippen LogP contribution >= 0.6 is 0 Å². The van der Waals surface area contributed by atoms with E-state index in [1.54, 1.807) is 6.08 Å². The van der Waals surface area contributed by atoms with E-state index in [1.807, 2.05) is 11.0 Å². The Morgan fingerprint density at radius 3 is 2.91 bits per heavy atom. The summed E-state index contributed by atoms with van der Waals surface area (Å²) in [6.45, 7) is 0. The number of hydrogen-bond donors (Lipinski definition) is 2. The molecule has 56 valence electrons. The van der Waals surface area contributed by atoms with E-state index in [-0.39, 0.29) is 5.84 Å². The van der Waals surface area contributed by atoms with Crippen molar-refractivity contribution in [1.82, 2.24) is 0 Å². The number of nitrogens with two attached hydrogens (primary N) is 1. The zero-order chi connectivity index (χ0) is 8.27. The zero-order valence-corrected chi connectivity index (χ0v) is 8.29. The van der Waals surface area contributed by atoms with Gasteiger partial charge in [0.25, 0.3) is 0 Å². The van der Waals surface area contributed by atoms with Gasteiger partial charge in [0.15, 0.2) is 0 Å². The second-order valence-electron chi connectivity index (χ2n) is 2.12. The van der Waals surface area contributed by atoms with Crippen molar-refractivity contribution in [2.24, 2.45) is 5.73 Å². The molecule has 11 heavy (non-hydrogen) atoms. The summed E-state index contributed by atoms with van der Waals surface area (Å²) >= 11 is -0.744. The average molecular weight is 209 g/mol. The molecule has 0 aromatic carbocycles. The second kappa shape index (κ2) is 3.43. The van der Waals surface area contributed by atoms with Crippen LogP contribution in [0.1, 0.15) is 0 Å². The summed E-state index contributed by atoms with van der Waals surface area (Å²) in [6, 6.07) is 0. The molecule has 3 nitrogen and oxygen atoms in total. The predicted octanol–water partition coefficient (Wildman–Crippen LogP) is -0.816. The number of aldehydes is 1. The molecule has 0 atom stereocenters. The van der Waals surface area contributed by atoms with Crippen LogP contribution < -0.4 is 5.73 Å². The topological polar surface area (TPSA) is 66.9 Å². The Kier molecular flexibility index (Phi) is 2.54. The molecule has 0 aromatic heterocycles. The van der Waals surface area contributed by atoms with Gasteiger partial charge in [0.2, 0.25) is 0 Å². The maximum absolute atomic E-state index is 10.4. The van der Waals surface area contributed by atoms with E-state index in [9.17, 15) is 4.79 Å². The fourth-order valence-corrected chi connectivity index (χ4v) is 2.84. The van der Waals surface area contributed by atoms with Crippen LogP contribution in [0, 0.1) is 5.41 Å². The normalized spacial score (nSPS) is 15.3. The molecule has 0 fully saturated rings. The first-order valence-corrected chi connectivity index (χ1v) is 5.75. The third kappa shape index (κ3) is 1.74. The minimum atomic E-state index is -0.744. The number of carbonyl (C=O) groups is 1. The molecule has 0 spiro atoms. The van der Waals surface area contributed by atoms with Crippen molar-refractivity contribution in [3.63, 3.8) is 0 Å². The fourth-order valence-electron chi connectivity index (χ4n) is 0.845. The van der Waals surface area contributed by atoms with Gasteiger partial charge in [0.05, 0.1) is 0 Å². The van der Waals surface area contributed by atoms with Gasteiger partial charge in [-0.05, 0) is 0 Å². The van der Waals surface area contributed by atoms with E-state index in [1.165, 1.54) is 0 Å². The Bertz CT molecular complexity index is 289. The van der Waals surface area contributed by atoms with E-state index < -0.39 is 15.0 Å². The van der Waals surface area contributed by atoms with Crippen LogP contribution in [-0.4, -0.2) is 31.5 Å². The number of nitrogens with one attached hydrogen (secondary N) is 1. The first kappa shape index (κ1) is 8.13. The Morgan fingerprint density at radius 1 is 1.73 bits per heavy atom. The minimum absolute atomic E-state index is 0.0488. The van der Waals surface area contributed by atoms with Crippen molar-refractivity contribution in [2.45, 2.75) is 0 Å². The zero-order valence-electron chi connectivity index (χ0n) is 5.87. The molecular weight excluding hydrogens is 201 g/mol. The number of hydrogen-bond acceptors (Lipinski definition) is 2. The van der Waals surface area contributed by atoms with Crippen LogP contribution in [0.2, 0.25) is 0 Å². The van der Waals surface area contributed by atoms with Gasteiger partial charge in [0.1, 0.15) is 0 Å². The maximum atomic E-state index is 10.4. The first-order chi connectivity index (χ1) is 5.25. The van der Waals surface area contributed by atoms with Gasteiger partial charge in [-0.25, -0.2) is 0 Å². The predicted molar refractivity (Wildman–Crippen MR) is 47.4 cm³/mol. The molecule has 0 saturated carbocycles. The molecule has 0 radical (unpaired) electrons. The van der Waals surface area contributed by atoms with Crippen LogP contribution in [0.5, 0.6) is 0 Å². The molecule has 0 aliphatic carbocycles. The molecule has 1 aliphatic heterocycles. The fraction of sp³-hybridized carbons (Fsp3) is 0. The van der Waals surface area contributed by atoms with Gasteiger partial charge >= 0.3 is 70.0 Å². The molecule has 1 aliphatic rings. The second-order valence-corrected chi connectivity index (χ2v) is 4.84. The summed E-state index contributed by atoms with van der Waals surface area (Å²) in [5.74, 6) is 0.0488. The quantitative estimate of drug-likeness (QED) is 0.270. The van der Waals surface area contributed by atoms with Crippen molar-refractivity contribution in [1.29, 1.82) is 5.41 Å². The Labute approximate surface area is 70.5 Å². The summed E-state index contributed by atoms with van der Waals surface area (Å²) < 4.78 is 0.770. The van der Waals surface area contributed by atoms with Gasteiger partial charge in [0, 0.05) is 0 Å². The van der Waals surface area contributed by atoms with Gasteiger partial charge in [-0.2, -0.15) is 0 Å². The molecule has 0 aromatic rings. The van der Waals surface area contributed by atoms with Crippen LogP contribution in [0.3, 0.4) is 0 Å². The van der Waals surface area contributed by atoms with Crippen molar-refractivity contribution in [2.75, 3.05) is 0 Å². The third-order valence-corrected chi connectivity index (χ3v) is 4.30. The van der Waals surface area contributed by atoms with E-state index >= 15 is 0 Å². The van der Waals surface area contributed by atoms with Crippen molar-refractivity contribution in [3.05, 3.63) is 22.6 Å². The standard InChI is InChI=1S/C7H8GeN2O/c9-7(10)6-5(4-11)2-1-3-8-6/h1-4,8H,(H3,9,10). The van der Waals surface area contributed by atoms with Crippen LogP contribution in [0.4, 0.5) is 0 Å². The van der Waals surface area contributed by atoms with E-state index in [0.717, 1.165) is 10.6 Å². The van der Waals surface area contributed by atoms with Crippen LogP contribution in [-0.2, 0) is 4.79 Å². The van der Waals surface area contributed by atoms with Gasteiger partial charge < -0.3 is 0 Å². The molecule has 4 heteroatoms. The molecule has 0 unspecified atom stereocenters. The van der Waals surface area contributed by atoms with Crippen LogP contribution in [0.25, 0.3) is 0 Å². The number of allylic oxidation sites excluding steroid dienone is 2. The van der Waals surface area contributed by atoms with Gasteiger partial charge in [-0.3, -0.25) is 0 Å². The van der Waals surface area contributed by atoms with Gasteiger partial charge in [-0.1, -0.05) is 0 Å². The van der Waals surface area contributed by atoms with Gasteiger partial charge in [-0.15, -0.1) is 0 Å². The number of carbonyl (C=O) groups excluding carboxylic acids is 1. The Morgan fingerprint density at radius 2 is 2.45 bits per heavy atom. The number of rotatable bonds is 2. The Hall–Kier alpha value is -0.967.